The van der Waals surface area contributed by atoms with Crippen LogP contribution in [0.2, 0.25) is 0 Å². The number of anilines is 3. The van der Waals surface area contributed by atoms with Crippen molar-refractivity contribution in [2.45, 2.75) is 0 Å². The van der Waals surface area contributed by atoms with Gasteiger partial charge in [0.25, 0.3) is 0 Å². The van der Waals surface area contributed by atoms with Crippen molar-refractivity contribution in [3.8, 4) is 17.0 Å². The number of carboxylic acids is 1. The highest BCUT2D eigenvalue weighted by Crippen LogP contribution is 2.24. The van der Waals surface area contributed by atoms with Gasteiger partial charge in [-0.1, -0.05) is 6.07 Å². The molecule has 0 spiro atoms. The molecule has 0 radical (unpaired) electrons. The number of nitrogens with zero attached hydrogens (tertiary/aromatic N) is 3. The average molecular weight is 337 g/mol. The van der Waals surface area contributed by atoms with Crippen molar-refractivity contribution in [3.05, 3.63) is 54.9 Å². The number of nitrogens with one attached hydrogen (secondary N) is 2. The molecule has 4 N–H and O–H groups in total. The van der Waals surface area contributed by atoms with Crippen molar-refractivity contribution in [2.75, 3.05) is 17.2 Å². The van der Waals surface area contributed by atoms with Crippen LogP contribution in [0, 0.1) is 0 Å². The van der Waals surface area contributed by atoms with Gasteiger partial charge in [-0.15, -0.1) is 0 Å². The minimum Gasteiger partial charge on any atom is -0.508 e. The van der Waals surface area contributed by atoms with E-state index in [1.165, 1.54) is 0 Å². The predicted molar refractivity (Wildman–Crippen MR) is 92.8 cm³/mol. The first kappa shape index (κ1) is 16.2. The lowest BCUT2D eigenvalue weighted by molar-refractivity contribution is -0.134. The Hall–Kier alpha value is -3.68. The summed E-state index contributed by atoms with van der Waals surface area (Å²) in [4.78, 5) is 23.4. The fraction of sp³-hybridized carbons (Fsp3) is 0.0588. The first-order chi connectivity index (χ1) is 12.1. The third kappa shape index (κ3) is 4.41. The molecule has 2 aromatic heterocycles. The normalized spacial score (nSPS) is 10.2. The van der Waals surface area contributed by atoms with E-state index in [-0.39, 0.29) is 18.2 Å². The van der Waals surface area contributed by atoms with E-state index in [0.717, 1.165) is 5.56 Å². The monoisotopic (exact) mass is 337 g/mol. The molecule has 0 saturated carbocycles. The summed E-state index contributed by atoms with van der Waals surface area (Å²) in [5.41, 5.74) is 1.99. The van der Waals surface area contributed by atoms with E-state index in [4.69, 9.17) is 5.11 Å². The molecule has 2 heterocycles. The summed E-state index contributed by atoms with van der Waals surface area (Å²) in [6.45, 7) is -0.304. The van der Waals surface area contributed by atoms with Gasteiger partial charge in [-0.25, -0.2) is 4.98 Å². The molecule has 8 heteroatoms. The molecule has 1 aromatic carbocycles. The fourth-order valence-corrected chi connectivity index (χ4v) is 2.14. The minimum atomic E-state index is -1.02. The van der Waals surface area contributed by atoms with Gasteiger partial charge in [0.2, 0.25) is 5.95 Å². The molecule has 0 unspecified atom stereocenters. The summed E-state index contributed by atoms with van der Waals surface area (Å²) in [5.74, 6) is -0.271. The Balaban J connectivity index is 1.95. The van der Waals surface area contributed by atoms with Crippen molar-refractivity contribution < 1.29 is 15.0 Å². The van der Waals surface area contributed by atoms with Gasteiger partial charge in [-0.3, -0.25) is 9.78 Å². The highest BCUT2D eigenvalue weighted by atomic mass is 16.4. The highest BCUT2D eigenvalue weighted by Gasteiger charge is 2.09. The molecule has 3 rings (SSSR count). The Morgan fingerprint density at radius 3 is 2.72 bits per heavy atom. The number of benzene rings is 1. The number of phenolic OH excluding ortho intramolecular Hbond substituents is 1. The number of carboxylic acid groups (broad SMARTS) is 1. The molecule has 3 aromatic rings. The van der Waals surface area contributed by atoms with Gasteiger partial charge in [-0.2, -0.15) is 4.98 Å². The van der Waals surface area contributed by atoms with E-state index < -0.39 is 5.97 Å². The lowest BCUT2D eigenvalue weighted by Gasteiger charge is -2.11. The zero-order valence-electron chi connectivity index (χ0n) is 13.0. The van der Waals surface area contributed by atoms with Gasteiger partial charge in [0, 0.05) is 35.8 Å². The van der Waals surface area contributed by atoms with Gasteiger partial charge < -0.3 is 20.8 Å². The molecule has 0 aliphatic carbocycles. The zero-order valence-corrected chi connectivity index (χ0v) is 13.0. The molecular formula is C17H15N5O3. The summed E-state index contributed by atoms with van der Waals surface area (Å²) in [7, 11) is 0. The number of phenols is 1. The topological polar surface area (TPSA) is 120 Å². The molecule has 126 valence electrons. The van der Waals surface area contributed by atoms with Crippen molar-refractivity contribution in [2.24, 2.45) is 0 Å². The van der Waals surface area contributed by atoms with Crippen LogP contribution >= 0.6 is 0 Å². The number of aliphatic carboxylic acids is 1. The molecule has 0 aliphatic rings. The quantitative estimate of drug-likeness (QED) is 0.541. The van der Waals surface area contributed by atoms with Crippen LogP contribution in [0.4, 0.5) is 17.5 Å². The Morgan fingerprint density at radius 2 is 2.00 bits per heavy atom. The van der Waals surface area contributed by atoms with Crippen LogP contribution in [0.5, 0.6) is 5.75 Å². The molecule has 8 nitrogen and oxygen atoms in total. The fourth-order valence-electron chi connectivity index (χ4n) is 2.14. The van der Waals surface area contributed by atoms with Crippen LogP contribution in [0.15, 0.2) is 54.9 Å². The Bertz CT molecular complexity index is 886. The van der Waals surface area contributed by atoms with E-state index in [1.807, 2.05) is 6.07 Å². The minimum absolute atomic E-state index is 0.121. The molecule has 0 saturated heterocycles. The average Bonchev–Trinajstić information content (AvgIpc) is 2.60. The Kier molecular flexibility index (Phi) is 4.70. The van der Waals surface area contributed by atoms with Crippen LogP contribution in [0.25, 0.3) is 11.3 Å². The summed E-state index contributed by atoms with van der Waals surface area (Å²) in [6, 6.07) is 11.9. The third-order valence-corrected chi connectivity index (χ3v) is 3.20. The van der Waals surface area contributed by atoms with Crippen LogP contribution in [0.3, 0.4) is 0 Å². The smallest absolute Gasteiger partial charge is 0.322 e. The number of pyridine rings is 1. The lowest BCUT2D eigenvalue weighted by Crippen LogP contribution is -2.15. The first-order valence-electron chi connectivity index (χ1n) is 7.41. The van der Waals surface area contributed by atoms with Crippen LogP contribution < -0.4 is 10.6 Å². The number of hydrogen-bond acceptors (Lipinski definition) is 7. The molecule has 0 aliphatic heterocycles. The number of aromatic hydroxyl groups is 1. The molecule has 0 atom stereocenters. The van der Waals surface area contributed by atoms with E-state index in [2.05, 4.69) is 25.6 Å². The lowest BCUT2D eigenvalue weighted by atomic mass is 10.2. The van der Waals surface area contributed by atoms with Crippen LogP contribution in [-0.4, -0.2) is 37.7 Å². The van der Waals surface area contributed by atoms with Crippen molar-refractivity contribution in [1.82, 2.24) is 15.0 Å². The maximum absolute atomic E-state index is 10.8. The molecule has 0 bridgehead atoms. The molecule has 0 fully saturated rings. The SMILES string of the molecule is O=C(O)CNc1nc(Nc2cccc(O)c2)cc(-c2cccnc2)n1. The molecule has 25 heavy (non-hydrogen) atoms. The summed E-state index contributed by atoms with van der Waals surface area (Å²) in [6.07, 6.45) is 3.31. The van der Waals surface area contributed by atoms with E-state index in [1.54, 1.807) is 48.8 Å². The third-order valence-electron chi connectivity index (χ3n) is 3.20. The summed E-state index contributed by atoms with van der Waals surface area (Å²) < 4.78 is 0. The van der Waals surface area contributed by atoms with E-state index in [9.17, 15) is 9.90 Å². The first-order valence-corrected chi connectivity index (χ1v) is 7.41. The van der Waals surface area contributed by atoms with Crippen molar-refractivity contribution in [3.63, 3.8) is 0 Å². The highest BCUT2D eigenvalue weighted by molar-refractivity contribution is 5.73. The van der Waals surface area contributed by atoms with Crippen molar-refractivity contribution in [1.29, 1.82) is 0 Å². The maximum atomic E-state index is 10.8. The second kappa shape index (κ2) is 7.26. The largest absolute Gasteiger partial charge is 0.508 e. The number of aromatic nitrogens is 3. The Morgan fingerprint density at radius 1 is 1.12 bits per heavy atom. The molecule has 0 amide bonds. The number of hydrogen-bond donors (Lipinski definition) is 4. The number of rotatable bonds is 6. The standard InChI is InChI=1S/C17H15N5O3/c23-13-5-1-4-12(7-13)20-15-8-14(11-3-2-6-18-9-11)21-17(22-15)19-10-16(24)25/h1-9,23H,10H2,(H,24,25)(H2,19,20,21,22). The van der Waals surface area contributed by atoms with Gasteiger partial charge in [-0.05, 0) is 24.3 Å². The van der Waals surface area contributed by atoms with Crippen molar-refractivity contribution >= 4 is 23.4 Å². The van der Waals surface area contributed by atoms with Gasteiger partial charge in [0.05, 0.1) is 5.69 Å². The second-order valence-electron chi connectivity index (χ2n) is 5.13. The van der Waals surface area contributed by atoms with Gasteiger partial charge >= 0.3 is 5.97 Å². The predicted octanol–water partition coefficient (Wildman–Crippen LogP) is 2.48. The van der Waals surface area contributed by atoms with Gasteiger partial charge in [0.15, 0.2) is 0 Å². The van der Waals surface area contributed by atoms with Crippen LogP contribution in [0.1, 0.15) is 0 Å². The second-order valence-corrected chi connectivity index (χ2v) is 5.13. The van der Waals surface area contributed by atoms with E-state index >= 15 is 0 Å². The van der Waals surface area contributed by atoms with Gasteiger partial charge in [0.1, 0.15) is 18.1 Å². The van der Waals surface area contributed by atoms with E-state index in [0.29, 0.717) is 17.2 Å². The summed E-state index contributed by atoms with van der Waals surface area (Å²) >= 11 is 0. The molecular weight excluding hydrogens is 322 g/mol. The number of carbonyl (C=O) groups is 1. The zero-order chi connectivity index (χ0) is 17.6. The Labute approximate surface area is 143 Å². The maximum Gasteiger partial charge on any atom is 0.322 e. The van der Waals surface area contributed by atoms with Crippen LogP contribution in [-0.2, 0) is 4.79 Å². The summed E-state index contributed by atoms with van der Waals surface area (Å²) in [5, 5.41) is 24.1.